The zero-order chi connectivity index (χ0) is 19.8. The second-order valence-corrected chi connectivity index (χ2v) is 7.02. The van der Waals surface area contributed by atoms with E-state index in [1.165, 1.54) is 0 Å². The van der Waals surface area contributed by atoms with Crippen molar-refractivity contribution in [2.75, 3.05) is 12.4 Å². The van der Waals surface area contributed by atoms with Gasteiger partial charge in [-0.05, 0) is 37.6 Å². The Morgan fingerprint density at radius 1 is 1.07 bits per heavy atom. The number of carbonyl (C=O) groups excluding carboxylic acids is 2. The second-order valence-electron chi connectivity index (χ2n) is 6.10. The molecule has 0 aliphatic heterocycles. The maximum atomic E-state index is 11.8. The number of para-hydroxylation sites is 2. The highest BCUT2D eigenvalue weighted by atomic mass is 32.2. The third-order valence-electron chi connectivity index (χ3n) is 3.78. The number of ether oxygens (including phenoxy) is 1. The van der Waals surface area contributed by atoms with E-state index in [2.05, 4.69) is 15.8 Å². The fraction of sp³-hybridized carbons (Fsp3) is 0.250. The zero-order valence-corrected chi connectivity index (χ0v) is 16.3. The summed E-state index contributed by atoms with van der Waals surface area (Å²) in [7, 11) is 0. The normalized spacial score (nSPS) is 10.6. The smallest absolute Gasteiger partial charge is 0.257 e. The van der Waals surface area contributed by atoms with Crippen LogP contribution < -0.4 is 15.6 Å². The molecule has 0 fully saturated rings. The Balaban J connectivity index is 1.29. The van der Waals surface area contributed by atoms with Gasteiger partial charge in [-0.25, -0.2) is 4.98 Å². The lowest BCUT2D eigenvalue weighted by molar-refractivity contribution is -0.127. The fourth-order valence-electron chi connectivity index (χ4n) is 2.34. The first kappa shape index (κ1) is 19.8. The van der Waals surface area contributed by atoms with E-state index >= 15 is 0 Å². The first-order valence-electron chi connectivity index (χ1n) is 8.86. The van der Waals surface area contributed by atoms with Gasteiger partial charge in [0.15, 0.2) is 5.58 Å². The van der Waals surface area contributed by atoms with Crippen LogP contribution in [0, 0.1) is 6.92 Å². The number of hydrogen-bond donors (Lipinski definition) is 2. The molecule has 0 spiro atoms. The minimum Gasteiger partial charge on any atom is -0.494 e. The lowest BCUT2D eigenvalue weighted by Crippen LogP contribution is -2.42. The number of nitrogens with zero attached hydrogens (tertiary/aromatic N) is 1. The first-order valence-corrected chi connectivity index (χ1v) is 9.84. The molecule has 8 heteroatoms. The van der Waals surface area contributed by atoms with Crippen LogP contribution in [-0.2, 0) is 9.59 Å². The van der Waals surface area contributed by atoms with Gasteiger partial charge in [0.25, 0.3) is 5.22 Å². The quantitative estimate of drug-likeness (QED) is 0.343. The molecule has 28 heavy (non-hydrogen) atoms. The summed E-state index contributed by atoms with van der Waals surface area (Å²) in [5, 5.41) is 0.413. The van der Waals surface area contributed by atoms with Crippen LogP contribution in [0.15, 0.2) is 58.2 Å². The molecule has 3 aromatic rings. The van der Waals surface area contributed by atoms with Gasteiger partial charge in [-0.15, -0.1) is 0 Å². The van der Waals surface area contributed by atoms with Crippen LogP contribution in [0.4, 0.5) is 0 Å². The van der Waals surface area contributed by atoms with Crippen molar-refractivity contribution in [3.8, 4) is 5.75 Å². The lowest BCUT2D eigenvalue weighted by atomic mass is 10.2. The predicted molar refractivity (Wildman–Crippen MR) is 107 cm³/mol. The molecular formula is C20H21N3O4S. The van der Waals surface area contributed by atoms with Gasteiger partial charge in [-0.2, -0.15) is 0 Å². The molecule has 2 N–H and O–H groups in total. The highest BCUT2D eigenvalue weighted by Gasteiger charge is 2.10. The van der Waals surface area contributed by atoms with Crippen LogP contribution in [0.1, 0.15) is 18.4 Å². The Morgan fingerprint density at radius 3 is 2.61 bits per heavy atom. The van der Waals surface area contributed by atoms with Crippen LogP contribution in [0.2, 0.25) is 0 Å². The van der Waals surface area contributed by atoms with Crippen molar-refractivity contribution >= 4 is 34.7 Å². The highest BCUT2D eigenvalue weighted by Crippen LogP contribution is 2.22. The number of aryl methyl sites for hydroxylation is 1. The lowest BCUT2D eigenvalue weighted by Gasteiger charge is -2.08. The van der Waals surface area contributed by atoms with Crippen molar-refractivity contribution < 1.29 is 18.7 Å². The number of fused-ring (bicyclic) bond motifs is 1. The molecule has 0 aliphatic carbocycles. The number of rotatable bonds is 8. The minimum atomic E-state index is -0.337. The van der Waals surface area contributed by atoms with E-state index in [0.717, 1.165) is 28.6 Å². The Bertz CT molecular complexity index is 907. The summed E-state index contributed by atoms with van der Waals surface area (Å²) in [4.78, 5) is 27.9. The van der Waals surface area contributed by atoms with Gasteiger partial charge in [-0.3, -0.25) is 20.4 Å². The Hall–Kier alpha value is -3.00. The van der Waals surface area contributed by atoms with Crippen molar-refractivity contribution in [3.05, 3.63) is 54.1 Å². The molecule has 2 amide bonds. The number of benzene rings is 2. The molecule has 0 saturated heterocycles. The van der Waals surface area contributed by atoms with Gasteiger partial charge in [0.1, 0.15) is 11.3 Å². The first-order chi connectivity index (χ1) is 13.6. The molecule has 1 heterocycles. The van der Waals surface area contributed by atoms with Crippen LogP contribution in [0.3, 0.4) is 0 Å². The van der Waals surface area contributed by atoms with E-state index in [1.54, 1.807) is 0 Å². The number of carbonyl (C=O) groups is 2. The van der Waals surface area contributed by atoms with Gasteiger partial charge in [0.05, 0.1) is 12.4 Å². The summed E-state index contributed by atoms with van der Waals surface area (Å²) in [5.41, 5.74) is 7.35. The molecule has 0 saturated carbocycles. The monoisotopic (exact) mass is 399 g/mol. The van der Waals surface area contributed by atoms with Gasteiger partial charge in [0.2, 0.25) is 11.8 Å². The molecular weight excluding hydrogens is 378 g/mol. The molecule has 2 aromatic carbocycles. The number of hydrazine groups is 1. The summed E-state index contributed by atoms with van der Waals surface area (Å²) in [6.07, 6.45) is 0.803. The maximum absolute atomic E-state index is 11.8. The number of aromatic nitrogens is 1. The zero-order valence-electron chi connectivity index (χ0n) is 15.4. The standard InChI is InChI=1S/C20H21N3O4S/c1-14-8-10-15(11-9-14)26-12-4-7-18(24)22-23-19(25)13-28-20-21-16-5-2-3-6-17(16)27-20/h2-3,5-6,8-11H,4,7,12-13H2,1H3,(H,22,24)(H,23,25). The topological polar surface area (TPSA) is 93.5 Å². The molecule has 0 atom stereocenters. The molecule has 1 aromatic heterocycles. The summed E-state index contributed by atoms with van der Waals surface area (Å²) < 4.78 is 11.1. The highest BCUT2D eigenvalue weighted by molar-refractivity contribution is 7.99. The van der Waals surface area contributed by atoms with Crippen molar-refractivity contribution in [2.24, 2.45) is 0 Å². The largest absolute Gasteiger partial charge is 0.494 e. The average Bonchev–Trinajstić information content (AvgIpc) is 3.12. The molecule has 3 rings (SSSR count). The van der Waals surface area contributed by atoms with E-state index in [9.17, 15) is 9.59 Å². The Labute approximate surface area is 166 Å². The average molecular weight is 399 g/mol. The Morgan fingerprint density at radius 2 is 1.82 bits per heavy atom. The molecule has 0 unspecified atom stereocenters. The second kappa shape index (κ2) is 9.80. The van der Waals surface area contributed by atoms with Crippen LogP contribution >= 0.6 is 11.8 Å². The van der Waals surface area contributed by atoms with E-state index in [0.29, 0.717) is 23.8 Å². The molecule has 7 nitrogen and oxygen atoms in total. The van der Waals surface area contributed by atoms with Crippen molar-refractivity contribution in [1.82, 2.24) is 15.8 Å². The number of amides is 2. The number of oxazole rings is 1. The molecule has 0 aliphatic rings. The summed E-state index contributed by atoms with van der Waals surface area (Å²) in [6, 6.07) is 15.1. The van der Waals surface area contributed by atoms with Gasteiger partial charge in [0, 0.05) is 6.42 Å². The summed E-state index contributed by atoms with van der Waals surface area (Å²) in [5.74, 6) is 0.253. The minimum absolute atomic E-state index is 0.0869. The summed E-state index contributed by atoms with van der Waals surface area (Å²) in [6.45, 7) is 2.44. The third kappa shape index (κ3) is 6.02. The van der Waals surface area contributed by atoms with Gasteiger partial charge < -0.3 is 9.15 Å². The number of thioether (sulfide) groups is 1. The van der Waals surface area contributed by atoms with Crippen molar-refractivity contribution in [3.63, 3.8) is 0 Å². The van der Waals surface area contributed by atoms with Crippen LogP contribution in [-0.4, -0.2) is 29.2 Å². The third-order valence-corrected chi connectivity index (χ3v) is 4.61. The molecule has 146 valence electrons. The predicted octanol–water partition coefficient (Wildman–Crippen LogP) is 3.23. The van der Waals surface area contributed by atoms with Crippen molar-refractivity contribution in [1.29, 1.82) is 0 Å². The Kier molecular flexibility index (Phi) is 6.91. The van der Waals surface area contributed by atoms with E-state index in [-0.39, 0.29) is 24.0 Å². The van der Waals surface area contributed by atoms with Crippen molar-refractivity contribution in [2.45, 2.75) is 25.0 Å². The number of nitrogens with one attached hydrogen (secondary N) is 2. The van der Waals surface area contributed by atoms with Crippen LogP contribution in [0.25, 0.3) is 11.1 Å². The van der Waals surface area contributed by atoms with E-state index < -0.39 is 0 Å². The van der Waals surface area contributed by atoms with Gasteiger partial charge >= 0.3 is 0 Å². The molecule has 0 bridgehead atoms. The summed E-state index contributed by atoms with van der Waals surface area (Å²) >= 11 is 1.16. The SMILES string of the molecule is Cc1ccc(OCCCC(=O)NNC(=O)CSc2nc3ccccc3o2)cc1. The molecule has 0 radical (unpaired) electrons. The van der Waals surface area contributed by atoms with Gasteiger partial charge in [-0.1, -0.05) is 41.6 Å². The van der Waals surface area contributed by atoms with E-state index in [4.69, 9.17) is 9.15 Å². The van der Waals surface area contributed by atoms with E-state index in [1.807, 2.05) is 55.5 Å². The maximum Gasteiger partial charge on any atom is 0.257 e. The fourth-order valence-corrected chi connectivity index (χ4v) is 2.97. The van der Waals surface area contributed by atoms with Crippen LogP contribution in [0.5, 0.6) is 5.75 Å². The number of hydrogen-bond acceptors (Lipinski definition) is 6.